The standard InChI is InChI=1S/C23H35N5O2S/c1-19(28(5)18-20-11-7-6-8-12-20)15-16-25-23(24-2)26-17-21-13-9-10-14-22(21)31(29,30)27(3)4/h6-14,19H,15-18H2,1-5H3,(H2,24,25,26). The van der Waals surface area contributed by atoms with E-state index < -0.39 is 10.0 Å². The largest absolute Gasteiger partial charge is 0.356 e. The third kappa shape index (κ3) is 7.34. The summed E-state index contributed by atoms with van der Waals surface area (Å²) >= 11 is 0. The molecule has 0 amide bonds. The van der Waals surface area contributed by atoms with Gasteiger partial charge in [0.15, 0.2) is 5.96 Å². The first-order valence-corrected chi connectivity index (χ1v) is 11.9. The molecule has 170 valence electrons. The molecule has 2 N–H and O–H groups in total. The van der Waals surface area contributed by atoms with Crippen molar-refractivity contribution in [2.45, 2.75) is 37.4 Å². The van der Waals surface area contributed by atoms with Crippen molar-refractivity contribution in [3.63, 3.8) is 0 Å². The second kappa shape index (κ2) is 11.8. The predicted molar refractivity (Wildman–Crippen MR) is 128 cm³/mol. The molecule has 2 aromatic rings. The quantitative estimate of drug-likeness (QED) is 0.434. The average molecular weight is 446 g/mol. The summed E-state index contributed by atoms with van der Waals surface area (Å²) in [6.07, 6.45) is 0.954. The van der Waals surface area contributed by atoms with Crippen LogP contribution in [-0.4, -0.2) is 64.4 Å². The van der Waals surface area contributed by atoms with Gasteiger partial charge < -0.3 is 10.6 Å². The Kier molecular flexibility index (Phi) is 9.48. The maximum Gasteiger partial charge on any atom is 0.242 e. The second-order valence-corrected chi connectivity index (χ2v) is 9.91. The Hall–Kier alpha value is -2.42. The maximum atomic E-state index is 12.6. The van der Waals surface area contributed by atoms with Gasteiger partial charge >= 0.3 is 0 Å². The summed E-state index contributed by atoms with van der Waals surface area (Å²) in [5.74, 6) is 0.648. The number of rotatable bonds is 10. The summed E-state index contributed by atoms with van der Waals surface area (Å²) in [5, 5.41) is 6.54. The van der Waals surface area contributed by atoms with E-state index in [0.717, 1.165) is 19.5 Å². The second-order valence-electron chi connectivity index (χ2n) is 7.79. The summed E-state index contributed by atoms with van der Waals surface area (Å²) in [7, 11) is 3.42. The van der Waals surface area contributed by atoms with Crippen molar-refractivity contribution in [2.75, 3.05) is 34.7 Å². The van der Waals surface area contributed by atoms with E-state index in [1.165, 1.54) is 24.0 Å². The molecule has 0 bridgehead atoms. The van der Waals surface area contributed by atoms with Crippen molar-refractivity contribution in [1.82, 2.24) is 19.8 Å². The summed E-state index contributed by atoms with van der Waals surface area (Å²) < 4.78 is 26.3. The molecule has 8 heteroatoms. The van der Waals surface area contributed by atoms with Crippen molar-refractivity contribution in [3.8, 4) is 0 Å². The van der Waals surface area contributed by atoms with Gasteiger partial charge in [-0.05, 0) is 37.6 Å². The van der Waals surface area contributed by atoms with E-state index >= 15 is 0 Å². The fourth-order valence-electron chi connectivity index (χ4n) is 3.14. The molecule has 1 atom stereocenters. The lowest BCUT2D eigenvalue weighted by atomic mass is 10.1. The number of nitrogens with one attached hydrogen (secondary N) is 2. The zero-order valence-electron chi connectivity index (χ0n) is 19.2. The highest BCUT2D eigenvalue weighted by atomic mass is 32.2. The highest BCUT2D eigenvalue weighted by Gasteiger charge is 2.20. The van der Waals surface area contributed by atoms with Gasteiger partial charge in [-0.25, -0.2) is 12.7 Å². The summed E-state index contributed by atoms with van der Waals surface area (Å²) in [6.45, 7) is 4.25. The third-order valence-corrected chi connectivity index (χ3v) is 7.20. The monoisotopic (exact) mass is 445 g/mol. The van der Waals surface area contributed by atoms with Crippen LogP contribution in [0.5, 0.6) is 0 Å². The van der Waals surface area contributed by atoms with Gasteiger partial charge in [-0.2, -0.15) is 0 Å². The van der Waals surface area contributed by atoms with Crippen molar-refractivity contribution < 1.29 is 8.42 Å². The van der Waals surface area contributed by atoms with Gasteiger partial charge in [0.25, 0.3) is 0 Å². The van der Waals surface area contributed by atoms with Crippen LogP contribution in [0.4, 0.5) is 0 Å². The molecule has 2 rings (SSSR count). The molecule has 0 aliphatic heterocycles. The lowest BCUT2D eigenvalue weighted by Crippen LogP contribution is -2.40. The molecule has 0 saturated heterocycles. The van der Waals surface area contributed by atoms with Crippen LogP contribution < -0.4 is 10.6 Å². The zero-order chi connectivity index (χ0) is 22.9. The summed E-state index contributed by atoms with van der Waals surface area (Å²) in [4.78, 5) is 6.89. The highest BCUT2D eigenvalue weighted by molar-refractivity contribution is 7.89. The molecule has 1 unspecified atom stereocenters. The Morgan fingerprint density at radius 3 is 2.29 bits per heavy atom. The molecule has 0 heterocycles. The fraction of sp³-hybridized carbons (Fsp3) is 0.435. The van der Waals surface area contributed by atoms with E-state index in [2.05, 4.69) is 58.8 Å². The van der Waals surface area contributed by atoms with Gasteiger partial charge in [0.05, 0.1) is 4.90 Å². The minimum absolute atomic E-state index is 0.305. The molecule has 7 nitrogen and oxygen atoms in total. The minimum atomic E-state index is -3.50. The number of guanidine groups is 1. The molecule has 2 aromatic carbocycles. The van der Waals surface area contributed by atoms with E-state index in [4.69, 9.17) is 0 Å². The molecular formula is C23H35N5O2S. The number of hydrogen-bond donors (Lipinski definition) is 2. The van der Waals surface area contributed by atoms with E-state index in [1.54, 1.807) is 19.2 Å². The maximum absolute atomic E-state index is 12.6. The van der Waals surface area contributed by atoms with Gasteiger partial charge in [0, 0.05) is 46.8 Å². The third-order valence-electron chi connectivity index (χ3n) is 5.28. The number of hydrogen-bond acceptors (Lipinski definition) is 4. The number of benzene rings is 2. The van der Waals surface area contributed by atoms with Crippen molar-refractivity contribution in [3.05, 3.63) is 65.7 Å². The smallest absolute Gasteiger partial charge is 0.242 e. The first kappa shape index (κ1) is 24.8. The van der Waals surface area contributed by atoms with Gasteiger partial charge in [-0.15, -0.1) is 0 Å². The van der Waals surface area contributed by atoms with E-state index in [0.29, 0.717) is 29.0 Å². The lowest BCUT2D eigenvalue weighted by molar-refractivity contribution is 0.238. The van der Waals surface area contributed by atoms with Crippen LogP contribution in [0.3, 0.4) is 0 Å². The number of nitrogens with zero attached hydrogens (tertiary/aromatic N) is 3. The first-order valence-electron chi connectivity index (χ1n) is 10.4. The van der Waals surface area contributed by atoms with Crippen LogP contribution in [0.15, 0.2) is 64.5 Å². The van der Waals surface area contributed by atoms with Crippen molar-refractivity contribution in [2.24, 2.45) is 4.99 Å². The Labute approximate surface area is 187 Å². The Balaban J connectivity index is 1.86. The average Bonchev–Trinajstić information content (AvgIpc) is 2.76. The van der Waals surface area contributed by atoms with Gasteiger partial charge in [0.2, 0.25) is 10.0 Å². The molecule has 0 fully saturated rings. The topological polar surface area (TPSA) is 77.0 Å². The van der Waals surface area contributed by atoms with E-state index in [1.807, 2.05) is 18.2 Å². The molecule has 0 aromatic heterocycles. The SMILES string of the molecule is CN=C(NCCC(C)N(C)Cc1ccccc1)NCc1ccccc1S(=O)(=O)N(C)C. The van der Waals surface area contributed by atoms with Crippen LogP contribution in [0.2, 0.25) is 0 Å². The Bertz CT molecular complexity index is 945. The molecule has 0 aliphatic rings. The fourth-order valence-corrected chi connectivity index (χ4v) is 4.26. The van der Waals surface area contributed by atoms with Crippen molar-refractivity contribution >= 4 is 16.0 Å². The molecule has 0 spiro atoms. The van der Waals surface area contributed by atoms with Crippen LogP contribution in [0, 0.1) is 0 Å². The van der Waals surface area contributed by atoms with E-state index in [9.17, 15) is 8.42 Å². The lowest BCUT2D eigenvalue weighted by Gasteiger charge is -2.25. The van der Waals surface area contributed by atoms with Crippen LogP contribution in [-0.2, 0) is 23.1 Å². The molecule has 31 heavy (non-hydrogen) atoms. The van der Waals surface area contributed by atoms with Crippen molar-refractivity contribution in [1.29, 1.82) is 0 Å². The normalized spacial score (nSPS) is 13.5. The number of sulfonamides is 1. The molecule has 0 saturated carbocycles. The molecular weight excluding hydrogens is 410 g/mol. The summed E-state index contributed by atoms with van der Waals surface area (Å²) in [5.41, 5.74) is 2.00. The highest BCUT2D eigenvalue weighted by Crippen LogP contribution is 2.18. The van der Waals surface area contributed by atoms with E-state index in [-0.39, 0.29) is 0 Å². The van der Waals surface area contributed by atoms with Gasteiger partial charge in [-0.1, -0.05) is 48.5 Å². The first-order chi connectivity index (χ1) is 14.8. The minimum Gasteiger partial charge on any atom is -0.356 e. The summed E-state index contributed by atoms with van der Waals surface area (Å²) in [6, 6.07) is 17.9. The van der Waals surface area contributed by atoms with Gasteiger partial charge in [0.1, 0.15) is 0 Å². The Morgan fingerprint density at radius 2 is 1.65 bits per heavy atom. The predicted octanol–water partition coefficient (Wildman–Crippen LogP) is 2.51. The zero-order valence-corrected chi connectivity index (χ0v) is 20.0. The van der Waals surface area contributed by atoms with Crippen LogP contribution in [0.1, 0.15) is 24.5 Å². The molecule has 0 aliphatic carbocycles. The number of aliphatic imine (C=N–C) groups is 1. The van der Waals surface area contributed by atoms with Crippen LogP contribution in [0.25, 0.3) is 0 Å². The molecule has 0 radical (unpaired) electrons. The van der Waals surface area contributed by atoms with Crippen LogP contribution >= 0.6 is 0 Å². The van der Waals surface area contributed by atoms with Gasteiger partial charge in [-0.3, -0.25) is 9.89 Å². The Morgan fingerprint density at radius 1 is 1.00 bits per heavy atom.